The molecule has 0 radical (unpaired) electrons. The van der Waals surface area contributed by atoms with E-state index in [0.717, 1.165) is 42.5 Å². The van der Waals surface area contributed by atoms with E-state index in [-0.39, 0.29) is 32.5 Å². The van der Waals surface area contributed by atoms with Crippen molar-refractivity contribution in [1.82, 2.24) is 5.32 Å². The summed E-state index contributed by atoms with van der Waals surface area (Å²) in [6.07, 6.45) is -4.79. The Morgan fingerprint density at radius 2 is 1.42 bits per heavy atom. The smallest absolute Gasteiger partial charge is 0.417 e. The summed E-state index contributed by atoms with van der Waals surface area (Å²) in [6.45, 7) is 2.00. The molecule has 3 aromatic rings. The van der Waals surface area contributed by atoms with Crippen LogP contribution in [0.5, 0.6) is 5.75 Å². The summed E-state index contributed by atoms with van der Waals surface area (Å²) >= 11 is 5.56. The second-order valence-corrected chi connectivity index (χ2v) is 11.4. The summed E-state index contributed by atoms with van der Waals surface area (Å²) in [5, 5.41) is 1.97. The van der Waals surface area contributed by atoms with Crippen LogP contribution in [-0.4, -0.2) is 36.4 Å². The number of hydrogen-bond donors (Lipinski definition) is 3. The van der Waals surface area contributed by atoms with Crippen molar-refractivity contribution in [3.8, 4) is 5.75 Å². The number of carbonyl (C=O) groups is 1. The molecule has 38 heavy (non-hydrogen) atoms. The lowest BCUT2D eigenvalue weighted by Crippen LogP contribution is -2.24. The van der Waals surface area contributed by atoms with Crippen LogP contribution in [0.25, 0.3) is 0 Å². The number of benzene rings is 3. The average molecular weight is 592 g/mol. The summed E-state index contributed by atoms with van der Waals surface area (Å²) in [5.74, 6) is -0.369. The van der Waals surface area contributed by atoms with E-state index in [0.29, 0.717) is 12.6 Å². The van der Waals surface area contributed by atoms with Crippen LogP contribution in [0.1, 0.15) is 22.8 Å². The van der Waals surface area contributed by atoms with Gasteiger partial charge in [-0.15, -0.1) is 0 Å². The van der Waals surface area contributed by atoms with Gasteiger partial charge in [0.05, 0.1) is 33.1 Å². The van der Waals surface area contributed by atoms with Gasteiger partial charge >= 0.3 is 6.18 Å². The van der Waals surface area contributed by atoms with Gasteiger partial charge in [-0.2, -0.15) is 13.2 Å². The van der Waals surface area contributed by atoms with Gasteiger partial charge in [0.1, 0.15) is 5.75 Å². The number of anilines is 2. The Morgan fingerprint density at radius 3 is 2.00 bits per heavy atom. The van der Waals surface area contributed by atoms with Crippen molar-refractivity contribution in [3.63, 3.8) is 0 Å². The minimum Gasteiger partial charge on any atom is -0.496 e. The van der Waals surface area contributed by atoms with Gasteiger partial charge in [-0.3, -0.25) is 14.2 Å². The zero-order valence-electron chi connectivity index (χ0n) is 19.8. The first-order valence-corrected chi connectivity index (χ1v) is 14.0. The molecule has 3 aromatic carbocycles. The normalized spacial score (nSPS) is 12.1. The van der Waals surface area contributed by atoms with Crippen LogP contribution >= 0.6 is 11.6 Å². The number of nitrogens with one attached hydrogen (secondary N) is 3. The molecule has 0 heterocycles. The summed E-state index contributed by atoms with van der Waals surface area (Å²) < 4.78 is 99.7. The summed E-state index contributed by atoms with van der Waals surface area (Å²) in [6, 6.07) is 10.7. The van der Waals surface area contributed by atoms with Crippen molar-refractivity contribution >= 4 is 48.9 Å². The number of ether oxygens (including phenoxy) is 1. The quantitative estimate of drug-likeness (QED) is 0.330. The van der Waals surface area contributed by atoms with Crippen LogP contribution in [0.15, 0.2) is 70.5 Å². The lowest BCUT2D eigenvalue weighted by molar-refractivity contribution is -0.137. The molecule has 0 aliphatic rings. The molecule has 0 aliphatic carbocycles. The molecular weight excluding hydrogens is 571 g/mol. The van der Waals surface area contributed by atoms with Crippen molar-refractivity contribution in [2.75, 3.05) is 23.1 Å². The highest BCUT2D eigenvalue weighted by Gasteiger charge is 2.33. The molecule has 0 aromatic heterocycles. The van der Waals surface area contributed by atoms with Crippen LogP contribution < -0.4 is 19.5 Å². The molecule has 204 valence electrons. The van der Waals surface area contributed by atoms with Gasteiger partial charge in [0, 0.05) is 17.9 Å². The molecule has 9 nitrogen and oxygen atoms in total. The maximum atomic E-state index is 13.1. The molecule has 0 aliphatic heterocycles. The Bertz CT molecular complexity index is 1560. The Hall–Kier alpha value is -3.49. The molecule has 3 rings (SSSR count). The first kappa shape index (κ1) is 29.1. The third kappa shape index (κ3) is 6.68. The fraction of sp³-hybridized carbons (Fsp3) is 0.174. The average Bonchev–Trinajstić information content (AvgIpc) is 2.84. The van der Waals surface area contributed by atoms with E-state index in [1.807, 2.05) is 4.72 Å². The number of amides is 1. The Labute approximate surface area is 222 Å². The number of sulfonamides is 2. The second-order valence-electron chi connectivity index (χ2n) is 7.65. The van der Waals surface area contributed by atoms with E-state index < -0.39 is 42.7 Å². The fourth-order valence-corrected chi connectivity index (χ4v) is 5.58. The predicted octanol–water partition coefficient (Wildman–Crippen LogP) is 4.72. The maximum absolute atomic E-state index is 13.1. The third-order valence-electron chi connectivity index (χ3n) is 5.00. The Balaban J connectivity index is 1.82. The molecule has 0 unspecified atom stereocenters. The summed E-state index contributed by atoms with van der Waals surface area (Å²) in [5.41, 5.74) is -1.59. The topological polar surface area (TPSA) is 131 Å². The van der Waals surface area contributed by atoms with Gasteiger partial charge < -0.3 is 10.1 Å². The Morgan fingerprint density at radius 1 is 0.868 bits per heavy atom. The molecule has 0 bridgehead atoms. The third-order valence-corrected chi connectivity index (χ3v) is 8.11. The molecule has 0 atom stereocenters. The van der Waals surface area contributed by atoms with E-state index in [2.05, 4.69) is 10.0 Å². The van der Waals surface area contributed by atoms with Crippen LogP contribution in [0, 0.1) is 0 Å². The molecule has 15 heteroatoms. The molecule has 0 fully saturated rings. The van der Waals surface area contributed by atoms with Crippen LogP contribution in [0.2, 0.25) is 5.02 Å². The molecule has 3 N–H and O–H groups in total. The largest absolute Gasteiger partial charge is 0.496 e. The van der Waals surface area contributed by atoms with Gasteiger partial charge in [0.25, 0.3) is 26.0 Å². The lowest BCUT2D eigenvalue weighted by atomic mass is 10.2. The molecule has 1 amide bonds. The minimum atomic E-state index is -4.79. The van der Waals surface area contributed by atoms with E-state index >= 15 is 0 Å². The summed E-state index contributed by atoms with van der Waals surface area (Å²) in [7, 11) is -7.19. The minimum absolute atomic E-state index is 0.000575. The number of halogens is 4. The Kier molecular flexibility index (Phi) is 8.48. The van der Waals surface area contributed by atoms with Crippen molar-refractivity contribution in [1.29, 1.82) is 0 Å². The first-order valence-electron chi connectivity index (χ1n) is 10.7. The molecular formula is C23H21ClF3N3O6S2. The van der Waals surface area contributed by atoms with Gasteiger partial charge in [0.2, 0.25) is 0 Å². The molecule has 0 spiro atoms. The van der Waals surface area contributed by atoms with Crippen molar-refractivity contribution in [2.45, 2.75) is 22.9 Å². The number of rotatable bonds is 9. The second kappa shape index (κ2) is 11.1. The van der Waals surface area contributed by atoms with Crippen molar-refractivity contribution in [3.05, 3.63) is 76.8 Å². The number of carbonyl (C=O) groups excluding carboxylic acids is 1. The summed E-state index contributed by atoms with van der Waals surface area (Å²) in [4.78, 5) is 11.7. The molecule has 0 saturated carbocycles. The van der Waals surface area contributed by atoms with Crippen LogP contribution in [-0.2, 0) is 26.2 Å². The van der Waals surface area contributed by atoms with Gasteiger partial charge in [-0.25, -0.2) is 16.8 Å². The SMILES string of the molecule is CCNC(=O)c1cc(S(=O)(=O)Nc2ccc(S(=O)(=O)Nc3ccc(Cl)c(C(F)(F)F)c3)cc2)ccc1OC. The monoisotopic (exact) mass is 591 g/mol. The first-order chi connectivity index (χ1) is 17.7. The highest BCUT2D eigenvalue weighted by atomic mass is 35.5. The number of alkyl halides is 3. The fourth-order valence-electron chi connectivity index (χ4n) is 3.22. The van der Waals surface area contributed by atoms with Crippen molar-refractivity contribution < 1.29 is 39.5 Å². The molecule has 0 saturated heterocycles. The zero-order valence-corrected chi connectivity index (χ0v) is 22.1. The van der Waals surface area contributed by atoms with E-state index in [1.165, 1.54) is 19.2 Å². The van der Waals surface area contributed by atoms with Gasteiger partial charge in [0.15, 0.2) is 0 Å². The van der Waals surface area contributed by atoms with E-state index in [9.17, 15) is 34.8 Å². The van der Waals surface area contributed by atoms with Gasteiger partial charge in [-0.05, 0) is 67.6 Å². The highest BCUT2D eigenvalue weighted by Crippen LogP contribution is 2.36. The van der Waals surface area contributed by atoms with Crippen molar-refractivity contribution in [2.24, 2.45) is 0 Å². The maximum Gasteiger partial charge on any atom is 0.417 e. The highest BCUT2D eigenvalue weighted by molar-refractivity contribution is 7.93. The zero-order chi connectivity index (χ0) is 28.3. The lowest BCUT2D eigenvalue weighted by Gasteiger charge is -2.14. The van der Waals surface area contributed by atoms with Crippen LogP contribution in [0.4, 0.5) is 24.5 Å². The van der Waals surface area contributed by atoms with Gasteiger partial charge in [-0.1, -0.05) is 11.6 Å². The predicted molar refractivity (Wildman–Crippen MR) is 136 cm³/mol. The van der Waals surface area contributed by atoms with E-state index in [4.69, 9.17) is 16.3 Å². The number of methoxy groups -OCH3 is 1. The standard InChI is InChI=1S/C23H21ClF3N3O6S2/c1-3-28-22(31)18-13-17(9-11-21(18)36-2)38(34,35)29-14-4-7-16(8-5-14)37(32,33)30-15-6-10-20(24)19(12-15)23(25,26)27/h4-13,29-30H,3H2,1-2H3,(H,28,31). The number of hydrogen-bond acceptors (Lipinski definition) is 6. The van der Waals surface area contributed by atoms with Crippen LogP contribution in [0.3, 0.4) is 0 Å². The van der Waals surface area contributed by atoms with E-state index in [1.54, 1.807) is 6.92 Å².